The second-order valence-electron chi connectivity index (χ2n) is 11.2. The molecule has 0 aliphatic heterocycles. The number of hydrogen-bond donors (Lipinski definition) is 0. The summed E-state index contributed by atoms with van der Waals surface area (Å²) in [6.45, 7) is 0. The smallest absolute Gasteiger partial charge is 0.147 e. The van der Waals surface area contributed by atoms with E-state index in [1.54, 1.807) is 6.49 Å². The second kappa shape index (κ2) is 13.2. The Kier molecular flexibility index (Phi) is 9.11. The quantitative estimate of drug-likeness (QED) is 0.169. The molecule has 0 bridgehead atoms. The Morgan fingerprint density at radius 1 is 0.523 bits per heavy atom. The molecule has 6 aromatic rings. The van der Waals surface area contributed by atoms with Gasteiger partial charge in [0.05, 0.1) is 0 Å². The summed E-state index contributed by atoms with van der Waals surface area (Å²) in [5.74, 6) is 0. The molecule has 0 spiro atoms. The molecular weight excluding hydrogens is 655 g/mol. The minimum atomic E-state index is -2.80. The predicted octanol–water partition coefficient (Wildman–Crippen LogP) is 11.0. The maximum absolute atomic E-state index is 2.80. The van der Waals surface area contributed by atoms with Gasteiger partial charge in [0.25, 0.3) is 0 Å². The SMILES string of the molecule is C1=CC(c2ccc3ccccc3c2)=[C]([Zr](=[C](c2ccccc2)c2ccccc2)[CH]2c3ccccc3-c3ccccc32)C1.Cl.Cl. The van der Waals surface area contributed by atoms with Gasteiger partial charge in [-0.3, -0.25) is 0 Å². The molecule has 0 aromatic heterocycles. The van der Waals surface area contributed by atoms with E-state index in [0.717, 1.165) is 6.42 Å². The average molecular weight is 687 g/mol. The molecule has 8 rings (SSSR count). The van der Waals surface area contributed by atoms with E-state index in [1.165, 1.54) is 55.3 Å². The van der Waals surface area contributed by atoms with Crippen molar-refractivity contribution in [1.29, 1.82) is 0 Å². The van der Waals surface area contributed by atoms with Crippen LogP contribution in [0.4, 0.5) is 0 Å². The number of allylic oxidation sites excluding steroid dienone is 4. The van der Waals surface area contributed by atoms with Gasteiger partial charge in [-0.2, -0.15) is 0 Å². The van der Waals surface area contributed by atoms with E-state index in [-0.39, 0.29) is 24.8 Å². The Bertz CT molecular complexity index is 1970. The van der Waals surface area contributed by atoms with Crippen molar-refractivity contribution >= 4 is 44.4 Å². The fraction of sp³-hybridized carbons (Fsp3) is 0.0488. The van der Waals surface area contributed by atoms with Gasteiger partial charge in [-0.1, -0.05) is 0 Å². The first-order valence-electron chi connectivity index (χ1n) is 14.8. The Morgan fingerprint density at radius 3 is 1.66 bits per heavy atom. The molecule has 2 aliphatic rings. The molecule has 0 nitrogen and oxygen atoms in total. The topological polar surface area (TPSA) is 0 Å². The molecule has 0 saturated carbocycles. The first-order valence-corrected chi connectivity index (χ1v) is 18.7. The van der Waals surface area contributed by atoms with Crippen LogP contribution in [0, 0.1) is 0 Å². The van der Waals surface area contributed by atoms with Gasteiger partial charge in [0.15, 0.2) is 0 Å². The van der Waals surface area contributed by atoms with Crippen molar-refractivity contribution in [2.75, 3.05) is 0 Å². The van der Waals surface area contributed by atoms with Gasteiger partial charge in [0, 0.05) is 0 Å². The van der Waals surface area contributed by atoms with E-state index >= 15 is 0 Å². The van der Waals surface area contributed by atoms with Gasteiger partial charge in [0.1, 0.15) is 0 Å². The van der Waals surface area contributed by atoms with Crippen molar-refractivity contribution in [1.82, 2.24) is 0 Å². The van der Waals surface area contributed by atoms with Crippen molar-refractivity contribution < 1.29 is 21.3 Å². The number of rotatable bonds is 5. The zero-order valence-corrected chi connectivity index (χ0v) is 28.3. The molecule has 44 heavy (non-hydrogen) atoms. The molecule has 0 saturated heterocycles. The van der Waals surface area contributed by atoms with Crippen molar-refractivity contribution in [2.24, 2.45) is 0 Å². The molecule has 0 unspecified atom stereocenters. The minimum Gasteiger partial charge on any atom is -0.147 e. The third kappa shape index (κ3) is 5.33. The van der Waals surface area contributed by atoms with E-state index in [0.29, 0.717) is 3.63 Å². The largest absolute Gasteiger partial charge is 0.147 e. The van der Waals surface area contributed by atoms with Crippen LogP contribution in [0.5, 0.6) is 0 Å². The molecule has 0 radical (unpaired) electrons. The number of fused-ring (bicyclic) bond motifs is 4. The Hall–Kier alpha value is -3.61. The van der Waals surface area contributed by atoms with Gasteiger partial charge in [-0.05, 0) is 0 Å². The van der Waals surface area contributed by atoms with E-state index in [2.05, 4.69) is 164 Å². The maximum atomic E-state index is 2.42. The van der Waals surface area contributed by atoms with Crippen molar-refractivity contribution in [3.8, 4) is 11.1 Å². The maximum Gasteiger partial charge on any atom is -0.147 e. The van der Waals surface area contributed by atoms with Crippen LogP contribution in [0.1, 0.15) is 37.9 Å². The Labute approximate surface area is 279 Å². The van der Waals surface area contributed by atoms with E-state index in [4.69, 9.17) is 0 Å². The van der Waals surface area contributed by atoms with Crippen molar-refractivity contribution in [3.63, 3.8) is 0 Å². The van der Waals surface area contributed by atoms with E-state index in [1.807, 2.05) is 0 Å². The van der Waals surface area contributed by atoms with E-state index in [9.17, 15) is 0 Å². The summed E-state index contributed by atoms with van der Waals surface area (Å²) in [6, 6.07) is 56.7. The zero-order valence-electron chi connectivity index (χ0n) is 24.2. The Morgan fingerprint density at radius 2 is 1.05 bits per heavy atom. The standard InChI is InChI=1S/C15H11.C13H9.C13H10.2ClH.Zr/c1-2-6-12(5-1)15-10-9-13-7-3-4-8-14(13)11-15;1-3-7-12-10(5-1)9-11-6-2-4-8-13(11)12;1-3-7-12(8-4-1)11-13-9-5-2-6-10-13;;;/h1,3-5,7-11H,2H2;1-9H;1-10H;2*1H;. The summed E-state index contributed by atoms with van der Waals surface area (Å²) in [5, 5.41) is 2.60. The third-order valence-corrected chi connectivity index (χ3v) is 17.3. The van der Waals surface area contributed by atoms with Crippen LogP contribution >= 0.6 is 24.8 Å². The summed E-state index contributed by atoms with van der Waals surface area (Å²) in [6.07, 6.45) is 5.86. The molecule has 0 heterocycles. The van der Waals surface area contributed by atoms with Crippen LogP contribution in [0.3, 0.4) is 0 Å². The van der Waals surface area contributed by atoms with Crippen molar-refractivity contribution in [3.05, 3.63) is 195 Å². The van der Waals surface area contributed by atoms with Gasteiger partial charge in [-0.15, -0.1) is 24.8 Å². The van der Waals surface area contributed by atoms with Crippen LogP contribution in [0.15, 0.2) is 167 Å². The normalized spacial score (nSPS) is 13.2. The number of halogens is 2. The predicted molar refractivity (Wildman–Crippen MR) is 189 cm³/mol. The van der Waals surface area contributed by atoms with Crippen LogP contribution in [0.2, 0.25) is 0 Å². The van der Waals surface area contributed by atoms with E-state index < -0.39 is 21.3 Å². The summed E-state index contributed by atoms with van der Waals surface area (Å²) >= 11 is -2.80. The molecular formula is C41H32Cl2Zr. The zero-order chi connectivity index (χ0) is 27.9. The molecule has 6 aromatic carbocycles. The molecule has 0 atom stereocenters. The summed E-state index contributed by atoms with van der Waals surface area (Å²) in [7, 11) is 0. The molecule has 0 fully saturated rings. The molecule has 2 aliphatic carbocycles. The van der Waals surface area contributed by atoms with Crippen LogP contribution in [-0.2, 0) is 21.3 Å². The first kappa shape index (κ1) is 30.4. The minimum absolute atomic E-state index is 0. The summed E-state index contributed by atoms with van der Waals surface area (Å²) < 4.78 is 3.68. The number of benzene rings is 6. The van der Waals surface area contributed by atoms with Gasteiger partial charge in [0.2, 0.25) is 0 Å². The Balaban J connectivity index is 0.00000171. The molecule has 0 amide bonds. The van der Waals surface area contributed by atoms with Crippen LogP contribution in [0.25, 0.3) is 27.5 Å². The monoisotopic (exact) mass is 684 g/mol. The fourth-order valence-corrected chi connectivity index (χ4v) is 16.5. The summed E-state index contributed by atoms with van der Waals surface area (Å²) in [4.78, 5) is 0. The van der Waals surface area contributed by atoms with Crippen molar-refractivity contribution in [2.45, 2.75) is 10.0 Å². The van der Waals surface area contributed by atoms with Crippen LogP contribution in [-0.4, -0.2) is 3.21 Å². The second-order valence-corrected chi connectivity index (χ2v) is 17.4. The van der Waals surface area contributed by atoms with Crippen LogP contribution < -0.4 is 0 Å². The molecule has 3 heteroatoms. The van der Waals surface area contributed by atoms with Gasteiger partial charge < -0.3 is 0 Å². The van der Waals surface area contributed by atoms with Gasteiger partial charge >= 0.3 is 257 Å². The molecule has 0 N–H and O–H groups in total. The summed E-state index contributed by atoms with van der Waals surface area (Å²) in [5.41, 5.74) is 11.4. The van der Waals surface area contributed by atoms with Gasteiger partial charge in [-0.25, -0.2) is 0 Å². The third-order valence-electron chi connectivity index (χ3n) is 8.83. The average Bonchev–Trinajstić information content (AvgIpc) is 3.68. The number of hydrogen-bond acceptors (Lipinski definition) is 0. The first-order chi connectivity index (χ1) is 20.9. The fourth-order valence-electron chi connectivity index (χ4n) is 7.01. The molecule has 214 valence electrons.